The third kappa shape index (κ3) is 3.01. The number of benzene rings is 1. The van der Waals surface area contributed by atoms with Gasteiger partial charge in [0.15, 0.2) is 0 Å². The molecule has 24 heavy (non-hydrogen) atoms. The first-order chi connectivity index (χ1) is 11.8. The summed E-state index contributed by atoms with van der Waals surface area (Å²) in [6.07, 6.45) is 6.22. The highest BCUT2D eigenvalue weighted by atomic mass is 32.1. The number of anilines is 1. The van der Waals surface area contributed by atoms with Crippen molar-refractivity contribution >= 4 is 27.4 Å². The number of thiophene rings is 1. The maximum absolute atomic E-state index is 9.63. The summed E-state index contributed by atoms with van der Waals surface area (Å²) in [5, 5.41) is 14.3. The molecule has 4 rings (SSSR count). The second-order valence-electron chi connectivity index (χ2n) is 6.40. The van der Waals surface area contributed by atoms with Gasteiger partial charge in [0.05, 0.1) is 5.39 Å². The summed E-state index contributed by atoms with van der Waals surface area (Å²) in [4.78, 5) is 11.1. The fourth-order valence-electron chi connectivity index (χ4n) is 3.51. The molecule has 0 saturated heterocycles. The maximum atomic E-state index is 9.63. The molecule has 0 aliphatic heterocycles. The molecule has 0 radical (unpaired) electrons. The standard InChI is InChI=1S/C19H21N3OS/c23-11-14-8-4-5-9-16(14)22-18-15-10-17(13-6-2-1-3-7-13)24-19(15)21-12-20-18/h1-3,6-7,10,12,14,16,23H,4-5,8-9,11H2,(H,20,21,22)/t14-,16-/m1/s1. The molecule has 1 saturated carbocycles. The van der Waals surface area contributed by atoms with Gasteiger partial charge >= 0.3 is 0 Å². The lowest BCUT2D eigenvalue weighted by Crippen LogP contribution is -2.34. The minimum Gasteiger partial charge on any atom is -0.396 e. The Hall–Kier alpha value is -1.98. The number of aromatic nitrogens is 2. The zero-order valence-corrected chi connectivity index (χ0v) is 14.3. The van der Waals surface area contributed by atoms with E-state index in [0.29, 0.717) is 12.0 Å². The van der Waals surface area contributed by atoms with E-state index < -0.39 is 0 Å². The summed E-state index contributed by atoms with van der Waals surface area (Å²) < 4.78 is 0. The minimum absolute atomic E-state index is 0.241. The monoisotopic (exact) mass is 339 g/mol. The van der Waals surface area contributed by atoms with E-state index in [4.69, 9.17) is 0 Å². The average Bonchev–Trinajstić information content (AvgIpc) is 3.08. The van der Waals surface area contributed by atoms with E-state index in [2.05, 4.69) is 45.6 Å². The molecule has 1 aliphatic carbocycles. The highest BCUT2D eigenvalue weighted by Crippen LogP contribution is 2.36. The van der Waals surface area contributed by atoms with Crippen LogP contribution in [-0.2, 0) is 0 Å². The van der Waals surface area contributed by atoms with E-state index in [1.165, 1.54) is 23.3 Å². The van der Waals surface area contributed by atoms with Crippen LogP contribution < -0.4 is 5.32 Å². The van der Waals surface area contributed by atoms with Crippen LogP contribution in [0.3, 0.4) is 0 Å². The lowest BCUT2D eigenvalue weighted by Gasteiger charge is -2.31. The number of fused-ring (bicyclic) bond motifs is 1. The van der Waals surface area contributed by atoms with E-state index in [9.17, 15) is 5.11 Å². The molecular weight excluding hydrogens is 318 g/mol. The lowest BCUT2D eigenvalue weighted by atomic mass is 9.85. The van der Waals surface area contributed by atoms with Crippen molar-refractivity contribution in [3.05, 3.63) is 42.7 Å². The van der Waals surface area contributed by atoms with Crippen LogP contribution in [0.5, 0.6) is 0 Å². The Labute approximate surface area is 145 Å². The quantitative estimate of drug-likeness (QED) is 0.743. The van der Waals surface area contributed by atoms with Crippen LogP contribution >= 0.6 is 11.3 Å². The Morgan fingerprint density at radius 2 is 1.96 bits per heavy atom. The fourth-order valence-corrected chi connectivity index (χ4v) is 4.51. The van der Waals surface area contributed by atoms with Crippen LogP contribution in [0, 0.1) is 5.92 Å². The van der Waals surface area contributed by atoms with Gasteiger partial charge in [-0.3, -0.25) is 0 Å². The second-order valence-corrected chi connectivity index (χ2v) is 7.43. The van der Waals surface area contributed by atoms with Gasteiger partial charge in [-0.1, -0.05) is 43.2 Å². The molecule has 3 aromatic rings. The molecule has 2 aromatic heterocycles. The third-order valence-corrected chi connectivity index (χ3v) is 5.95. The largest absolute Gasteiger partial charge is 0.396 e. The lowest BCUT2D eigenvalue weighted by molar-refractivity contribution is 0.178. The van der Waals surface area contributed by atoms with Crippen molar-refractivity contribution in [3.63, 3.8) is 0 Å². The Bertz CT molecular complexity index is 818. The summed E-state index contributed by atoms with van der Waals surface area (Å²) >= 11 is 1.69. The number of hydrogen-bond acceptors (Lipinski definition) is 5. The molecule has 2 heterocycles. The predicted octanol–water partition coefficient (Wildman–Crippen LogP) is 4.32. The van der Waals surface area contributed by atoms with Crippen LogP contribution in [-0.4, -0.2) is 27.7 Å². The summed E-state index contributed by atoms with van der Waals surface area (Å²) in [6, 6.07) is 12.8. The Morgan fingerprint density at radius 1 is 1.12 bits per heavy atom. The fraction of sp³-hybridized carbons (Fsp3) is 0.368. The first-order valence-electron chi connectivity index (χ1n) is 8.52. The normalized spacial score (nSPS) is 21.0. The second kappa shape index (κ2) is 6.87. The Balaban J connectivity index is 1.67. The van der Waals surface area contributed by atoms with Gasteiger partial charge in [0, 0.05) is 23.4 Å². The van der Waals surface area contributed by atoms with E-state index in [-0.39, 0.29) is 6.61 Å². The van der Waals surface area contributed by atoms with E-state index in [0.717, 1.165) is 28.9 Å². The Morgan fingerprint density at radius 3 is 2.79 bits per heavy atom. The van der Waals surface area contributed by atoms with Gasteiger partial charge in [-0.15, -0.1) is 11.3 Å². The molecule has 0 unspecified atom stereocenters. The zero-order chi connectivity index (χ0) is 16.4. The SMILES string of the molecule is OC[C@H]1CCCC[C@H]1Nc1ncnc2sc(-c3ccccc3)cc12. The molecular formula is C19H21N3OS. The molecule has 0 bridgehead atoms. The van der Waals surface area contributed by atoms with Crippen LogP contribution in [0.2, 0.25) is 0 Å². The third-order valence-electron chi connectivity index (χ3n) is 4.85. The van der Waals surface area contributed by atoms with E-state index >= 15 is 0 Å². The molecule has 2 N–H and O–H groups in total. The summed E-state index contributed by atoms with van der Waals surface area (Å²) in [5.41, 5.74) is 1.21. The molecule has 0 amide bonds. The van der Waals surface area contributed by atoms with Gasteiger partial charge in [-0.25, -0.2) is 9.97 Å². The number of nitrogens with zero attached hydrogens (tertiary/aromatic N) is 2. The van der Waals surface area contributed by atoms with Crippen molar-refractivity contribution < 1.29 is 5.11 Å². The minimum atomic E-state index is 0.241. The average molecular weight is 339 g/mol. The molecule has 1 aromatic carbocycles. The highest BCUT2D eigenvalue weighted by molar-refractivity contribution is 7.21. The van der Waals surface area contributed by atoms with Gasteiger partial charge in [-0.2, -0.15) is 0 Å². The van der Waals surface area contributed by atoms with Crippen molar-refractivity contribution in [2.75, 3.05) is 11.9 Å². The van der Waals surface area contributed by atoms with E-state index in [1.54, 1.807) is 17.7 Å². The highest BCUT2D eigenvalue weighted by Gasteiger charge is 2.25. The van der Waals surface area contributed by atoms with Gasteiger partial charge in [0.25, 0.3) is 0 Å². The van der Waals surface area contributed by atoms with E-state index in [1.807, 2.05) is 6.07 Å². The predicted molar refractivity (Wildman–Crippen MR) is 99.3 cm³/mol. The van der Waals surface area contributed by atoms with Crippen LogP contribution in [0.4, 0.5) is 5.82 Å². The molecule has 4 nitrogen and oxygen atoms in total. The molecule has 1 aliphatic rings. The first kappa shape index (κ1) is 15.5. The molecule has 5 heteroatoms. The first-order valence-corrected chi connectivity index (χ1v) is 9.34. The number of aliphatic hydroxyl groups excluding tert-OH is 1. The maximum Gasteiger partial charge on any atom is 0.138 e. The summed E-state index contributed by atoms with van der Waals surface area (Å²) in [5.74, 6) is 1.21. The van der Waals surface area contributed by atoms with Gasteiger partial charge in [0.1, 0.15) is 17.0 Å². The van der Waals surface area contributed by atoms with Gasteiger partial charge in [0.2, 0.25) is 0 Å². The zero-order valence-electron chi connectivity index (χ0n) is 13.5. The molecule has 2 atom stereocenters. The van der Waals surface area contributed by atoms with Gasteiger partial charge in [-0.05, 0) is 24.5 Å². The van der Waals surface area contributed by atoms with Crippen molar-refractivity contribution in [3.8, 4) is 10.4 Å². The molecule has 1 fully saturated rings. The van der Waals surface area contributed by atoms with Crippen molar-refractivity contribution in [2.45, 2.75) is 31.7 Å². The summed E-state index contributed by atoms with van der Waals surface area (Å²) in [6.45, 7) is 0.241. The van der Waals surface area contributed by atoms with Gasteiger partial charge < -0.3 is 10.4 Å². The number of hydrogen-bond donors (Lipinski definition) is 2. The van der Waals surface area contributed by atoms with Crippen LogP contribution in [0.25, 0.3) is 20.7 Å². The smallest absolute Gasteiger partial charge is 0.138 e. The Kier molecular flexibility index (Phi) is 4.45. The van der Waals surface area contributed by atoms with Crippen molar-refractivity contribution in [1.29, 1.82) is 0 Å². The number of rotatable bonds is 4. The summed E-state index contributed by atoms with van der Waals surface area (Å²) in [7, 11) is 0. The van der Waals surface area contributed by atoms with Crippen molar-refractivity contribution in [1.82, 2.24) is 9.97 Å². The molecule has 124 valence electrons. The van der Waals surface area contributed by atoms with Crippen LogP contribution in [0.1, 0.15) is 25.7 Å². The topological polar surface area (TPSA) is 58.0 Å². The van der Waals surface area contributed by atoms with Crippen molar-refractivity contribution in [2.24, 2.45) is 5.92 Å². The number of nitrogens with one attached hydrogen (secondary N) is 1. The number of aliphatic hydroxyl groups is 1. The molecule has 0 spiro atoms. The van der Waals surface area contributed by atoms with Crippen LogP contribution in [0.15, 0.2) is 42.7 Å².